The van der Waals surface area contributed by atoms with Crippen LogP contribution in [0, 0.1) is 0 Å². The Morgan fingerprint density at radius 1 is 0.160 bits per heavy atom. The smallest absolute Gasteiger partial charge is 0.317 e. The lowest BCUT2D eigenvalue weighted by molar-refractivity contribution is -0.154. The van der Waals surface area contributed by atoms with Gasteiger partial charge in [-0.1, -0.05) is 236 Å². The fourth-order valence-electron chi connectivity index (χ4n) is 15.2. The Labute approximate surface area is 715 Å². The molecule has 0 heterocycles. The highest BCUT2D eigenvalue weighted by Gasteiger charge is 2.25. The quantitative estimate of drug-likeness (QED) is 0.0153. The summed E-state index contributed by atoms with van der Waals surface area (Å²) in [4.78, 5) is 25.7. The molecule has 0 aliphatic carbocycles. The van der Waals surface area contributed by atoms with Crippen LogP contribution in [0.25, 0.3) is 64.6 Å². The molecule has 0 saturated carbocycles. The highest BCUT2D eigenvalue weighted by atomic mass is 16.6. The second-order valence-electron chi connectivity index (χ2n) is 32.5. The molecule has 0 aromatic heterocycles. The number of fused-ring (bicyclic) bond motifs is 12. The third-order valence-electron chi connectivity index (χ3n) is 22.2. The van der Waals surface area contributed by atoms with E-state index in [9.17, 15) is 9.59 Å². The Bertz CT molecular complexity index is 3860. The molecule has 0 saturated heterocycles. The maximum atomic E-state index is 12.8. The van der Waals surface area contributed by atoms with Crippen LogP contribution in [0.2, 0.25) is 0 Å². The first-order chi connectivity index (χ1) is 58.6. The van der Waals surface area contributed by atoms with Gasteiger partial charge in [0.05, 0.1) is 92.5 Å². The van der Waals surface area contributed by atoms with E-state index < -0.39 is 18.4 Å². The van der Waals surface area contributed by atoms with Crippen LogP contribution in [0.1, 0.15) is 332 Å². The Balaban J connectivity index is 0.856. The third-order valence-corrected chi connectivity index (χ3v) is 22.2. The van der Waals surface area contributed by atoms with Crippen LogP contribution in [-0.2, 0) is 19.1 Å². The van der Waals surface area contributed by atoms with Crippen molar-refractivity contribution in [3.8, 4) is 69.0 Å². The summed E-state index contributed by atoms with van der Waals surface area (Å²) in [5.41, 5.74) is 0. The van der Waals surface area contributed by atoms with Crippen LogP contribution in [0.4, 0.5) is 0 Å². The largest absolute Gasteiger partial charge is 0.490 e. The van der Waals surface area contributed by atoms with E-state index in [0.717, 1.165) is 366 Å². The predicted molar refractivity (Wildman–Crippen MR) is 492 cm³/mol. The average Bonchev–Trinajstić information content (AvgIpc) is 0.731. The van der Waals surface area contributed by atoms with Crippen LogP contribution in [0.5, 0.6) is 69.0 Å². The van der Waals surface area contributed by atoms with Crippen molar-refractivity contribution in [2.75, 3.05) is 92.5 Å². The van der Waals surface area contributed by atoms with Crippen molar-refractivity contribution >= 4 is 76.6 Å². The molecule has 0 bridgehead atoms. The number of hydrogen-bond donors (Lipinski definition) is 0. The van der Waals surface area contributed by atoms with Gasteiger partial charge in [0.15, 0.2) is 69.0 Å². The molecule has 0 atom stereocenters. The van der Waals surface area contributed by atoms with Gasteiger partial charge >= 0.3 is 11.9 Å². The highest BCUT2D eigenvalue weighted by molar-refractivity contribution is 6.28. The van der Waals surface area contributed by atoms with Crippen LogP contribution in [-0.4, -0.2) is 104 Å². The summed E-state index contributed by atoms with van der Waals surface area (Å²) in [5.74, 6) is 7.78. The second kappa shape index (κ2) is 57.2. The molecular formula is C103H152O16. The molecule has 0 aliphatic rings. The van der Waals surface area contributed by atoms with Crippen LogP contribution in [0.15, 0.2) is 72.8 Å². The Morgan fingerprint density at radius 2 is 0.269 bits per heavy atom. The van der Waals surface area contributed by atoms with Crippen molar-refractivity contribution in [2.24, 2.45) is 0 Å². The minimum absolute atomic E-state index is 0.252. The number of esters is 2. The van der Waals surface area contributed by atoms with Gasteiger partial charge in [0.2, 0.25) is 0 Å². The first-order valence-electron chi connectivity index (χ1n) is 47.5. The lowest BCUT2D eigenvalue weighted by Gasteiger charge is -2.21. The molecule has 0 amide bonds. The molecule has 8 rings (SSSR count). The minimum atomic E-state index is -0.558. The lowest BCUT2D eigenvalue weighted by atomic mass is 9.93. The van der Waals surface area contributed by atoms with Gasteiger partial charge in [0.25, 0.3) is 0 Å². The molecule has 16 heteroatoms. The first kappa shape index (κ1) is 96.3. The van der Waals surface area contributed by atoms with Gasteiger partial charge in [-0.05, 0) is 227 Å². The Hall–Kier alpha value is -8.14. The number of benzene rings is 8. The lowest BCUT2D eigenvalue weighted by Crippen LogP contribution is -2.15. The summed E-state index contributed by atoms with van der Waals surface area (Å²) in [6.45, 7) is 29.7. The highest BCUT2D eigenvalue weighted by Crippen LogP contribution is 2.50. The number of rotatable bonds is 70. The molecule has 8 aromatic carbocycles. The molecule has 0 spiro atoms. The molecular weight excluding hydrogens is 1490 g/mol. The standard InChI is InChI=1S/C103H152O16/c1-11-21-37-51-106-90-65-78-80-67-92(108-53-39-23-13-3)96(112-57-43-27-17-7)71-84(80)88-75-100(98(114-59-45-29-19-9)73-86(88)82(78)69-94(90)110-55-41-25-15-5)116-61-47-33-31-35-49-63-118-102(104)77-103(105)119-64-50-36-32-34-48-62-117-101-76-89-85-72-97(113-58-44-28-18-8)93(109-54-40-24-14-4)68-81(85)79-66-91(107-52-38-22-12-2)95(111-56-42-26-16-6)70-83(79)87(89)74-99(101)115-60-46-30-20-10/h65-76H,11-64,77H2,1-10H3. The van der Waals surface area contributed by atoms with Gasteiger partial charge in [-0.3, -0.25) is 9.59 Å². The van der Waals surface area contributed by atoms with E-state index in [1.165, 1.54) is 0 Å². The van der Waals surface area contributed by atoms with Crippen LogP contribution in [0.3, 0.4) is 0 Å². The topological polar surface area (TPSA) is 163 Å². The number of carbonyl (C=O) groups excluding carboxylic acids is 2. The normalized spacial score (nSPS) is 11.5. The summed E-state index contributed by atoms with van der Waals surface area (Å²) >= 11 is 0. The SMILES string of the molecule is CCCCCOc1cc2c3cc(OCCCCC)c(OCCCCC)cc3c3cc(OCCCCCCCOC(=O)CC(=O)OCCCCCCCOc4cc5c6cc(OCCCCC)c(OCCCCC)cc6c6cc(OCCCCC)c(OCCCCC)cc6c5cc4OCCCCC)c(OCCCCC)cc3c2cc1OCCCCC. The van der Waals surface area contributed by atoms with Crippen molar-refractivity contribution in [1.82, 2.24) is 0 Å². The van der Waals surface area contributed by atoms with Gasteiger partial charge in [0, 0.05) is 0 Å². The van der Waals surface area contributed by atoms with Crippen molar-refractivity contribution < 1.29 is 75.9 Å². The molecule has 0 fully saturated rings. The number of carbonyl (C=O) groups is 2. The zero-order valence-electron chi connectivity index (χ0n) is 75.4. The fraction of sp³-hybridized carbons (Fsp3) is 0.631. The predicted octanol–water partition coefficient (Wildman–Crippen LogP) is 29.1. The number of ether oxygens (including phenoxy) is 14. The minimum Gasteiger partial charge on any atom is -0.490 e. The monoisotopic (exact) mass is 1650 g/mol. The van der Waals surface area contributed by atoms with Crippen molar-refractivity contribution in [2.45, 2.75) is 332 Å². The molecule has 8 aromatic rings. The van der Waals surface area contributed by atoms with E-state index in [-0.39, 0.29) is 13.2 Å². The number of hydrogen-bond acceptors (Lipinski definition) is 16. The molecule has 660 valence electrons. The maximum absolute atomic E-state index is 12.8. The van der Waals surface area contributed by atoms with Gasteiger partial charge < -0.3 is 66.3 Å². The molecule has 119 heavy (non-hydrogen) atoms. The summed E-state index contributed by atoms with van der Waals surface area (Å²) < 4.78 is 91.2. The second-order valence-corrected chi connectivity index (χ2v) is 32.5. The fourth-order valence-corrected chi connectivity index (χ4v) is 15.2. The zero-order valence-corrected chi connectivity index (χ0v) is 75.4. The number of unbranched alkanes of at least 4 members (excludes halogenated alkanes) is 28. The van der Waals surface area contributed by atoms with E-state index in [1.54, 1.807) is 0 Å². The van der Waals surface area contributed by atoms with Crippen molar-refractivity contribution in [3.05, 3.63) is 72.8 Å². The Morgan fingerprint density at radius 3 is 0.395 bits per heavy atom. The van der Waals surface area contributed by atoms with E-state index in [4.69, 9.17) is 66.3 Å². The molecule has 16 nitrogen and oxygen atoms in total. The van der Waals surface area contributed by atoms with Crippen LogP contribution >= 0.6 is 0 Å². The Kier molecular flexibility index (Phi) is 46.3. The molecule has 0 N–H and O–H groups in total. The van der Waals surface area contributed by atoms with Crippen molar-refractivity contribution in [3.63, 3.8) is 0 Å². The molecule has 0 radical (unpaired) electrons. The average molecular weight is 1650 g/mol. The third kappa shape index (κ3) is 32.0. The summed E-state index contributed by atoms with van der Waals surface area (Å²) in [6, 6.07) is 26.2. The first-order valence-corrected chi connectivity index (χ1v) is 47.5. The molecule has 0 aliphatic heterocycles. The van der Waals surface area contributed by atoms with Crippen molar-refractivity contribution in [1.29, 1.82) is 0 Å². The summed E-state index contributed by atoms with van der Waals surface area (Å²) in [6.07, 6.45) is 39.7. The summed E-state index contributed by atoms with van der Waals surface area (Å²) in [7, 11) is 0. The van der Waals surface area contributed by atoms with Gasteiger partial charge in [-0.15, -0.1) is 0 Å². The van der Waals surface area contributed by atoms with Gasteiger partial charge in [-0.25, -0.2) is 0 Å². The van der Waals surface area contributed by atoms with E-state index in [1.807, 2.05) is 0 Å². The van der Waals surface area contributed by atoms with E-state index in [0.29, 0.717) is 104 Å². The van der Waals surface area contributed by atoms with Gasteiger partial charge in [-0.2, -0.15) is 0 Å². The van der Waals surface area contributed by atoms with E-state index in [2.05, 4.69) is 142 Å². The maximum Gasteiger partial charge on any atom is 0.317 e. The van der Waals surface area contributed by atoms with Gasteiger partial charge in [0.1, 0.15) is 6.42 Å². The van der Waals surface area contributed by atoms with Crippen LogP contribution < -0.4 is 56.8 Å². The summed E-state index contributed by atoms with van der Waals surface area (Å²) in [5, 5.41) is 12.6. The molecule has 0 unspecified atom stereocenters. The zero-order chi connectivity index (χ0) is 84.3. The van der Waals surface area contributed by atoms with E-state index >= 15 is 0 Å².